The van der Waals surface area contributed by atoms with E-state index in [1.54, 1.807) is 23.6 Å². The molecule has 4 N–H and O–H groups in total. The van der Waals surface area contributed by atoms with E-state index in [1.165, 1.54) is 0 Å². The van der Waals surface area contributed by atoms with E-state index in [4.69, 9.17) is 29.4 Å². The number of aliphatic hydroxyl groups excluding tert-OH is 1. The number of anilines is 1. The number of Topliss-reactive ketones (excluding diaryl/α,β-unsaturated/α-hetero) is 1. The highest BCUT2D eigenvalue weighted by Gasteiger charge is 2.59. The lowest BCUT2D eigenvalue weighted by atomic mass is 9.77. The Balaban J connectivity index is 1.30. The number of amides is 1. The van der Waals surface area contributed by atoms with Crippen LogP contribution in [0, 0.1) is 17.8 Å². The maximum Gasteiger partial charge on any atom is 0.410 e. The summed E-state index contributed by atoms with van der Waals surface area (Å²) in [5.74, 6) is -3.30. The molecule has 2 aromatic carbocycles. The minimum absolute atomic E-state index is 0.0378. The molecule has 0 bridgehead atoms. The Bertz CT molecular complexity index is 2050. The molecule has 6 rings (SSSR count). The first-order chi connectivity index (χ1) is 30.9. The van der Waals surface area contributed by atoms with Crippen molar-refractivity contribution in [2.75, 3.05) is 40.0 Å². The number of methoxy groups -OCH3 is 1. The van der Waals surface area contributed by atoms with E-state index in [2.05, 4.69) is 22.6 Å². The van der Waals surface area contributed by atoms with Gasteiger partial charge in [-0.3, -0.25) is 19.2 Å². The van der Waals surface area contributed by atoms with Crippen LogP contribution in [-0.2, 0) is 46.2 Å². The molecule has 3 aromatic rings. The number of nitrogens with zero attached hydrogens (tertiary/aromatic N) is 5. The lowest BCUT2D eigenvalue weighted by Gasteiger charge is -2.46. The standard InChI is InChI=1S/C49H73N7O9/c1-11-40-49(7)43(56(47(60)65-49)23-16-15-22-55-29-38(52-53-55)35-20-17-21-36(50)26-35)33(5)51-28-30(2)27-48(6,61-10)44(64-46-42(58)39(54(8)9)24-31(3)62-46)32(4)41(57)37(45(59)63-40)25-34-18-13-12-14-19-34/h12-14,17-21,26,29-33,37,39-40,42-44,46,51,58H,11,15-16,22-25,27-28,50H2,1-10H3/t30-,31-,32+,33-,37-,39?,40-,42?,43-,44-,46+,48-,49-/m1/s1. The quantitative estimate of drug-likeness (QED) is 0.0842. The fraction of sp³-hybridized carbons (Fsp3) is 0.653. The van der Waals surface area contributed by atoms with E-state index < -0.39 is 71.5 Å². The Morgan fingerprint density at radius 1 is 1.02 bits per heavy atom. The summed E-state index contributed by atoms with van der Waals surface area (Å²) in [6.07, 6.45) is 0.0225. The highest BCUT2D eigenvalue weighted by atomic mass is 16.7. The molecule has 1 aromatic heterocycles. The monoisotopic (exact) mass is 904 g/mol. The number of hydrogen-bond donors (Lipinski definition) is 3. The number of aromatic nitrogens is 3. The van der Waals surface area contributed by atoms with Gasteiger partial charge in [0.1, 0.15) is 23.8 Å². The number of ketones is 1. The lowest BCUT2D eigenvalue weighted by molar-refractivity contribution is -0.295. The molecule has 3 fully saturated rings. The first-order valence-electron chi connectivity index (χ1n) is 23.4. The molecule has 3 saturated heterocycles. The molecule has 16 heteroatoms. The molecule has 3 aliphatic rings. The fourth-order valence-corrected chi connectivity index (χ4v) is 10.4. The molecule has 3 aliphatic heterocycles. The highest BCUT2D eigenvalue weighted by molar-refractivity contribution is 6.00. The molecule has 2 unspecified atom stereocenters. The van der Waals surface area contributed by atoms with E-state index in [0.717, 1.165) is 16.8 Å². The zero-order chi connectivity index (χ0) is 47.2. The van der Waals surface area contributed by atoms with Crippen LogP contribution in [0.25, 0.3) is 11.3 Å². The second-order valence-electron chi connectivity index (χ2n) is 19.3. The van der Waals surface area contributed by atoms with Crippen molar-refractivity contribution in [1.82, 2.24) is 30.1 Å². The third-order valence-corrected chi connectivity index (χ3v) is 13.9. The topological polar surface area (TPSA) is 193 Å². The number of rotatable bonds is 13. The van der Waals surface area contributed by atoms with Gasteiger partial charge in [-0.1, -0.05) is 68.4 Å². The van der Waals surface area contributed by atoms with Gasteiger partial charge in [0.15, 0.2) is 17.7 Å². The van der Waals surface area contributed by atoms with Crippen LogP contribution in [0.5, 0.6) is 0 Å². The molecular formula is C49H73N7O9. The van der Waals surface area contributed by atoms with E-state index in [0.29, 0.717) is 57.4 Å². The van der Waals surface area contributed by atoms with Gasteiger partial charge in [0.25, 0.3) is 0 Å². The summed E-state index contributed by atoms with van der Waals surface area (Å²) >= 11 is 0. The summed E-state index contributed by atoms with van der Waals surface area (Å²) in [6, 6.07) is 15.8. The summed E-state index contributed by atoms with van der Waals surface area (Å²) in [5.41, 5.74) is 6.66. The predicted octanol–water partition coefficient (Wildman–Crippen LogP) is 5.51. The van der Waals surface area contributed by atoms with Crippen molar-refractivity contribution in [2.45, 2.75) is 154 Å². The molecule has 0 spiro atoms. The fourth-order valence-electron chi connectivity index (χ4n) is 10.4. The number of nitrogen functional groups attached to an aromatic ring is 1. The average Bonchev–Trinajstić information content (AvgIpc) is 3.86. The number of hydrogen-bond acceptors (Lipinski definition) is 14. The number of carbonyl (C=O) groups is 3. The first-order valence-corrected chi connectivity index (χ1v) is 23.4. The summed E-state index contributed by atoms with van der Waals surface area (Å²) in [5, 5.41) is 24.0. The van der Waals surface area contributed by atoms with Gasteiger partial charge >= 0.3 is 12.1 Å². The number of ether oxygens (including phenoxy) is 5. The van der Waals surface area contributed by atoms with Gasteiger partial charge < -0.3 is 44.7 Å². The van der Waals surface area contributed by atoms with Crippen molar-refractivity contribution in [3.05, 3.63) is 66.4 Å². The lowest BCUT2D eigenvalue weighted by Crippen LogP contribution is -2.61. The van der Waals surface area contributed by atoms with Gasteiger partial charge in [-0.25, -0.2) is 4.79 Å². The van der Waals surface area contributed by atoms with Crippen LogP contribution in [0.1, 0.15) is 86.1 Å². The van der Waals surface area contributed by atoms with Gasteiger partial charge in [0.05, 0.1) is 30.0 Å². The second-order valence-corrected chi connectivity index (χ2v) is 19.3. The normalized spacial score (nSPS) is 34.1. The van der Waals surface area contributed by atoms with Crippen molar-refractivity contribution in [1.29, 1.82) is 0 Å². The third-order valence-electron chi connectivity index (χ3n) is 13.9. The number of aliphatic hydroxyl groups is 1. The van der Waals surface area contributed by atoms with E-state index >= 15 is 4.79 Å². The Labute approximate surface area is 384 Å². The largest absolute Gasteiger partial charge is 0.457 e. The predicted molar refractivity (Wildman–Crippen MR) is 246 cm³/mol. The number of carbonyl (C=O) groups excluding carboxylic acids is 3. The molecule has 13 atom stereocenters. The minimum atomic E-state index is -1.28. The number of esters is 1. The number of unbranched alkanes of at least 4 members (excludes halogenated alkanes) is 1. The Morgan fingerprint density at radius 2 is 1.74 bits per heavy atom. The van der Waals surface area contributed by atoms with Gasteiger partial charge in [-0.2, -0.15) is 0 Å². The molecule has 358 valence electrons. The molecule has 65 heavy (non-hydrogen) atoms. The van der Waals surface area contributed by atoms with E-state index in [-0.39, 0.29) is 30.5 Å². The average molecular weight is 904 g/mol. The van der Waals surface area contributed by atoms with E-state index in [1.807, 2.05) is 114 Å². The number of nitrogens with two attached hydrogens (primary N) is 1. The maximum absolute atomic E-state index is 15.2. The molecular weight excluding hydrogens is 831 g/mol. The van der Waals surface area contributed by atoms with Crippen LogP contribution in [0.4, 0.5) is 10.5 Å². The molecule has 0 saturated carbocycles. The first kappa shape index (κ1) is 50.0. The van der Waals surface area contributed by atoms with E-state index in [9.17, 15) is 14.7 Å². The zero-order valence-electron chi connectivity index (χ0n) is 40.0. The minimum Gasteiger partial charge on any atom is -0.457 e. The van der Waals surface area contributed by atoms with Crippen LogP contribution < -0.4 is 11.1 Å². The van der Waals surface area contributed by atoms with Gasteiger partial charge in [-0.05, 0) is 110 Å². The van der Waals surface area contributed by atoms with Gasteiger partial charge in [0.2, 0.25) is 0 Å². The number of likely N-dealkylation sites (N-methyl/N-ethyl adjacent to an activating group) is 1. The summed E-state index contributed by atoms with van der Waals surface area (Å²) in [4.78, 5) is 47.8. The van der Waals surface area contributed by atoms with Crippen molar-refractivity contribution < 1.29 is 43.2 Å². The van der Waals surface area contributed by atoms with Crippen LogP contribution in [0.3, 0.4) is 0 Å². The number of fused-ring (bicyclic) bond motifs is 1. The second kappa shape index (κ2) is 21.5. The smallest absolute Gasteiger partial charge is 0.410 e. The summed E-state index contributed by atoms with van der Waals surface area (Å²) in [7, 11) is 5.42. The molecule has 0 radical (unpaired) electrons. The Morgan fingerprint density at radius 3 is 2.42 bits per heavy atom. The number of nitrogens with one attached hydrogen (secondary N) is 1. The summed E-state index contributed by atoms with van der Waals surface area (Å²) < 4.78 is 34.0. The van der Waals surface area contributed by atoms with Gasteiger partial charge in [-0.15, -0.1) is 5.10 Å². The third kappa shape index (κ3) is 11.4. The van der Waals surface area contributed by atoms with Crippen molar-refractivity contribution >= 4 is 23.5 Å². The van der Waals surface area contributed by atoms with Crippen LogP contribution in [0.15, 0.2) is 60.8 Å². The number of benzene rings is 2. The SMILES string of the molecule is CC[C@H]1OC(=O)[C@H](Cc2ccccc2)C(=O)[C@H](C)[C@@H](O[C@@H]2O[C@H](C)CC(N(C)C)C2O)[C@](C)(OC)C[C@@H](C)CN[C@H](C)[C@H]2N(CCCCn3cc(-c4cccc(N)c4)nn3)C(=O)O[C@]12C. The molecule has 16 nitrogen and oxygen atoms in total. The van der Waals surface area contributed by atoms with Crippen molar-refractivity contribution in [3.8, 4) is 11.3 Å². The van der Waals surface area contributed by atoms with Crippen molar-refractivity contribution in [3.63, 3.8) is 0 Å². The van der Waals surface area contributed by atoms with Gasteiger partial charge in [0, 0.05) is 49.5 Å². The summed E-state index contributed by atoms with van der Waals surface area (Å²) in [6.45, 7) is 15.0. The highest BCUT2D eigenvalue weighted by Crippen LogP contribution is 2.40. The number of aryl methyl sites for hydroxylation is 1. The number of cyclic esters (lactones) is 1. The Kier molecular flexibility index (Phi) is 16.5. The maximum atomic E-state index is 15.2. The van der Waals surface area contributed by atoms with Crippen LogP contribution >= 0.6 is 0 Å². The molecule has 0 aliphatic carbocycles. The van der Waals surface area contributed by atoms with Crippen LogP contribution in [-0.4, -0.2) is 142 Å². The molecule has 1 amide bonds. The zero-order valence-corrected chi connectivity index (χ0v) is 40.0. The van der Waals surface area contributed by atoms with Crippen molar-refractivity contribution in [2.24, 2.45) is 17.8 Å². The molecule has 4 heterocycles. The Hall–Kier alpha value is -4.45. The van der Waals surface area contributed by atoms with Crippen LogP contribution in [0.2, 0.25) is 0 Å².